The average Bonchev–Trinajstić information content (AvgIpc) is 2.78. The third kappa shape index (κ3) is 4.11. The highest BCUT2D eigenvalue weighted by Crippen LogP contribution is 2.38. The molecule has 1 aliphatic rings. The molecule has 29 heavy (non-hydrogen) atoms. The van der Waals surface area contributed by atoms with Crippen LogP contribution >= 0.6 is 0 Å². The number of β-lactam (4-membered cyclic amide) rings is 1. The molecule has 4 rings (SSSR count). The van der Waals surface area contributed by atoms with Crippen LogP contribution in [0.2, 0.25) is 0 Å². The van der Waals surface area contributed by atoms with Gasteiger partial charge in [0.15, 0.2) is 6.10 Å². The summed E-state index contributed by atoms with van der Waals surface area (Å²) in [5, 5.41) is 0. The second kappa shape index (κ2) is 8.82. The molecule has 146 valence electrons. The van der Waals surface area contributed by atoms with Crippen molar-refractivity contribution in [3.8, 4) is 0 Å². The van der Waals surface area contributed by atoms with Crippen molar-refractivity contribution in [2.75, 3.05) is 6.79 Å². The first-order valence-electron chi connectivity index (χ1n) is 9.46. The molecule has 0 bridgehead atoms. The summed E-state index contributed by atoms with van der Waals surface area (Å²) in [4.78, 5) is 26.9. The smallest absolute Gasteiger partial charge is 0.261 e. The van der Waals surface area contributed by atoms with Crippen LogP contribution in [0.15, 0.2) is 91.0 Å². The first-order chi connectivity index (χ1) is 14.3. The number of ether oxygens (including phenoxy) is 2. The molecule has 0 N–H and O–H groups in total. The number of rotatable bonds is 7. The molecule has 0 aliphatic carbocycles. The Hall–Kier alpha value is -3.28. The van der Waals surface area contributed by atoms with Crippen LogP contribution in [0.4, 0.5) is 0 Å². The van der Waals surface area contributed by atoms with Crippen molar-refractivity contribution in [1.29, 1.82) is 0 Å². The fraction of sp³-hybridized carbons (Fsp3) is 0.167. The molecule has 3 aromatic rings. The van der Waals surface area contributed by atoms with Crippen molar-refractivity contribution in [2.24, 2.45) is 0 Å². The van der Waals surface area contributed by atoms with E-state index < -0.39 is 12.1 Å². The Morgan fingerprint density at radius 3 is 2.07 bits per heavy atom. The molecule has 0 unspecified atom stereocenters. The van der Waals surface area contributed by atoms with Crippen molar-refractivity contribution in [1.82, 2.24) is 4.90 Å². The second-order valence-corrected chi connectivity index (χ2v) is 6.77. The van der Waals surface area contributed by atoms with Crippen molar-refractivity contribution >= 4 is 11.8 Å². The van der Waals surface area contributed by atoms with Gasteiger partial charge in [0, 0.05) is 5.56 Å². The molecule has 1 heterocycles. The standard InChI is InChI=1S/C24H21NO4/c26-23(20-14-8-3-9-15-20)25-21(19-12-6-2-7-13-19)22(24(25)27)29-17-28-16-18-10-4-1-5-11-18/h1-15,21-22H,16-17H2/t21-,22+/m0/s1. The lowest BCUT2D eigenvalue weighted by Crippen LogP contribution is -2.62. The average molecular weight is 387 g/mol. The predicted octanol–water partition coefficient (Wildman–Crippen LogP) is 3.97. The lowest BCUT2D eigenvalue weighted by Gasteiger charge is -2.45. The summed E-state index contributed by atoms with van der Waals surface area (Å²) in [5.74, 6) is -0.675. The molecule has 1 saturated heterocycles. The highest BCUT2D eigenvalue weighted by atomic mass is 16.7. The maximum absolute atomic E-state index is 12.9. The van der Waals surface area contributed by atoms with Gasteiger partial charge in [0.1, 0.15) is 12.8 Å². The molecule has 1 aliphatic heterocycles. The fourth-order valence-electron chi connectivity index (χ4n) is 3.40. The molecule has 0 spiro atoms. The summed E-state index contributed by atoms with van der Waals surface area (Å²) in [5.41, 5.74) is 2.35. The number of carbonyl (C=O) groups excluding carboxylic acids is 2. The molecule has 2 amide bonds. The fourth-order valence-corrected chi connectivity index (χ4v) is 3.40. The van der Waals surface area contributed by atoms with Gasteiger partial charge in [-0.3, -0.25) is 14.5 Å². The molecule has 0 aromatic heterocycles. The van der Waals surface area contributed by atoms with E-state index in [1.165, 1.54) is 4.90 Å². The van der Waals surface area contributed by atoms with Crippen LogP contribution in [0.5, 0.6) is 0 Å². The van der Waals surface area contributed by atoms with Crippen molar-refractivity contribution < 1.29 is 19.1 Å². The molecule has 0 radical (unpaired) electrons. The van der Waals surface area contributed by atoms with E-state index in [4.69, 9.17) is 9.47 Å². The molecule has 0 saturated carbocycles. The molecule has 2 atom stereocenters. The van der Waals surface area contributed by atoms with Gasteiger partial charge < -0.3 is 9.47 Å². The third-order valence-corrected chi connectivity index (χ3v) is 4.87. The zero-order valence-corrected chi connectivity index (χ0v) is 15.8. The lowest BCUT2D eigenvalue weighted by atomic mass is 9.89. The molecule has 1 fully saturated rings. The summed E-state index contributed by atoms with van der Waals surface area (Å²) in [6, 6.07) is 27.5. The van der Waals surface area contributed by atoms with E-state index in [9.17, 15) is 9.59 Å². The summed E-state index contributed by atoms with van der Waals surface area (Å²) in [7, 11) is 0. The Bertz CT molecular complexity index is 960. The lowest BCUT2D eigenvalue weighted by molar-refractivity contribution is -0.185. The van der Waals surface area contributed by atoms with Crippen LogP contribution < -0.4 is 0 Å². The second-order valence-electron chi connectivity index (χ2n) is 6.77. The van der Waals surface area contributed by atoms with Gasteiger partial charge in [-0.05, 0) is 23.3 Å². The van der Waals surface area contributed by atoms with Gasteiger partial charge in [0.25, 0.3) is 11.8 Å². The largest absolute Gasteiger partial charge is 0.351 e. The Labute approximate surface area is 169 Å². The summed E-state index contributed by atoms with van der Waals surface area (Å²) in [6.07, 6.45) is -0.749. The maximum atomic E-state index is 12.9. The minimum absolute atomic E-state index is 0.0258. The van der Waals surface area contributed by atoms with E-state index in [0.29, 0.717) is 12.2 Å². The minimum Gasteiger partial charge on any atom is -0.351 e. The SMILES string of the molecule is O=C(c1ccccc1)N1C(=O)[C@H](OCOCc2ccccc2)[C@@H]1c1ccccc1. The topological polar surface area (TPSA) is 55.8 Å². The monoisotopic (exact) mass is 387 g/mol. The number of amides is 2. The zero-order chi connectivity index (χ0) is 20.1. The Morgan fingerprint density at radius 1 is 0.828 bits per heavy atom. The number of hydrogen-bond donors (Lipinski definition) is 0. The first kappa shape index (κ1) is 19.1. The molecular formula is C24H21NO4. The third-order valence-electron chi connectivity index (χ3n) is 4.87. The minimum atomic E-state index is -0.749. The van der Waals surface area contributed by atoms with E-state index in [-0.39, 0.29) is 18.6 Å². The predicted molar refractivity (Wildman–Crippen MR) is 108 cm³/mol. The highest BCUT2D eigenvalue weighted by molar-refractivity contribution is 6.10. The molecule has 3 aromatic carbocycles. The van der Waals surface area contributed by atoms with Gasteiger partial charge in [-0.2, -0.15) is 0 Å². The van der Waals surface area contributed by atoms with Gasteiger partial charge in [0.05, 0.1) is 6.61 Å². The summed E-state index contributed by atoms with van der Waals surface area (Å²) in [6.45, 7) is 0.367. The highest BCUT2D eigenvalue weighted by Gasteiger charge is 2.52. The number of imide groups is 1. The normalized spacial score (nSPS) is 18.3. The summed E-state index contributed by atoms with van der Waals surface area (Å²) >= 11 is 0. The van der Waals surface area contributed by atoms with Gasteiger partial charge in [-0.15, -0.1) is 0 Å². The molecular weight excluding hydrogens is 366 g/mol. The molecule has 5 nitrogen and oxygen atoms in total. The zero-order valence-electron chi connectivity index (χ0n) is 15.8. The van der Waals surface area contributed by atoms with Crippen LogP contribution in [0.25, 0.3) is 0 Å². The Morgan fingerprint density at radius 2 is 1.41 bits per heavy atom. The van der Waals surface area contributed by atoms with Crippen LogP contribution in [0, 0.1) is 0 Å². The van der Waals surface area contributed by atoms with Crippen LogP contribution in [-0.2, 0) is 20.9 Å². The van der Waals surface area contributed by atoms with E-state index in [1.807, 2.05) is 66.7 Å². The van der Waals surface area contributed by atoms with Gasteiger partial charge in [-0.25, -0.2) is 0 Å². The Kier molecular flexibility index (Phi) is 5.79. The quantitative estimate of drug-likeness (QED) is 0.266. The molecule has 5 heteroatoms. The van der Waals surface area contributed by atoms with Crippen LogP contribution in [0.1, 0.15) is 27.5 Å². The summed E-state index contributed by atoms with van der Waals surface area (Å²) < 4.78 is 11.3. The van der Waals surface area contributed by atoms with E-state index in [2.05, 4.69) is 0 Å². The van der Waals surface area contributed by atoms with E-state index in [1.54, 1.807) is 24.3 Å². The Balaban J connectivity index is 1.45. The van der Waals surface area contributed by atoms with Crippen molar-refractivity contribution in [3.05, 3.63) is 108 Å². The number of benzene rings is 3. The van der Waals surface area contributed by atoms with Crippen molar-refractivity contribution in [3.63, 3.8) is 0 Å². The number of nitrogens with zero attached hydrogens (tertiary/aromatic N) is 1. The number of carbonyl (C=O) groups is 2. The van der Waals surface area contributed by atoms with Crippen molar-refractivity contribution in [2.45, 2.75) is 18.8 Å². The van der Waals surface area contributed by atoms with Crippen LogP contribution in [-0.4, -0.2) is 29.6 Å². The van der Waals surface area contributed by atoms with Gasteiger partial charge in [0.2, 0.25) is 0 Å². The van der Waals surface area contributed by atoms with E-state index >= 15 is 0 Å². The maximum Gasteiger partial charge on any atom is 0.261 e. The number of hydrogen-bond acceptors (Lipinski definition) is 4. The number of likely N-dealkylation sites (tertiary alicyclic amines) is 1. The van der Waals surface area contributed by atoms with Crippen LogP contribution in [0.3, 0.4) is 0 Å². The van der Waals surface area contributed by atoms with E-state index in [0.717, 1.165) is 11.1 Å². The van der Waals surface area contributed by atoms with Gasteiger partial charge >= 0.3 is 0 Å². The first-order valence-corrected chi connectivity index (χ1v) is 9.46. The van der Waals surface area contributed by atoms with Gasteiger partial charge in [-0.1, -0.05) is 78.9 Å².